The minimum atomic E-state index is 0.544. The number of rotatable bonds is 7. The Morgan fingerprint density at radius 1 is 1.37 bits per heavy atom. The molecule has 106 valence electrons. The van der Waals surface area contributed by atoms with Gasteiger partial charge in [0.1, 0.15) is 0 Å². The summed E-state index contributed by atoms with van der Waals surface area (Å²) in [5, 5.41) is 3.57. The van der Waals surface area contributed by atoms with Crippen LogP contribution >= 0.6 is 15.9 Å². The first-order chi connectivity index (χ1) is 9.11. The third-order valence-corrected chi connectivity index (χ3v) is 4.35. The van der Waals surface area contributed by atoms with Crippen LogP contribution < -0.4 is 10.2 Å². The highest BCUT2D eigenvalue weighted by Crippen LogP contribution is 2.27. The van der Waals surface area contributed by atoms with Gasteiger partial charge in [0.15, 0.2) is 0 Å². The molecule has 0 amide bonds. The van der Waals surface area contributed by atoms with Gasteiger partial charge < -0.3 is 10.2 Å². The fourth-order valence-corrected chi connectivity index (χ4v) is 2.83. The monoisotopic (exact) mass is 324 g/mol. The van der Waals surface area contributed by atoms with Gasteiger partial charge in [-0.15, -0.1) is 0 Å². The lowest BCUT2D eigenvalue weighted by atomic mass is 10.1. The molecule has 1 saturated carbocycles. The smallest absolute Gasteiger partial charge is 0.0380 e. The predicted molar refractivity (Wildman–Crippen MR) is 86.8 cm³/mol. The van der Waals surface area contributed by atoms with Crippen molar-refractivity contribution in [1.29, 1.82) is 0 Å². The lowest BCUT2D eigenvalue weighted by molar-refractivity contribution is 0.668. The van der Waals surface area contributed by atoms with Crippen molar-refractivity contribution in [3.8, 4) is 0 Å². The Kier molecular flexibility index (Phi) is 5.28. The zero-order chi connectivity index (χ0) is 13.8. The van der Waals surface area contributed by atoms with Gasteiger partial charge in [-0.05, 0) is 50.8 Å². The Balaban J connectivity index is 2.06. The summed E-state index contributed by atoms with van der Waals surface area (Å²) in [5.41, 5.74) is 2.68. The Morgan fingerprint density at radius 2 is 2.11 bits per heavy atom. The molecule has 1 aliphatic rings. The summed E-state index contributed by atoms with van der Waals surface area (Å²) in [6, 6.07) is 8.07. The highest BCUT2D eigenvalue weighted by Gasteiger charge is 2.20. The molecule has 0 aliphatic heterocycles. The van der Waals surface area contributed by atoms with E-state index in [2.05, 4.69) is 65.1 Å². The van der Waals surface area contributed by atoms with E-state index in [4.69, 9.17) is 0 Å². The van der Waals surface area contributed by atoms with E-state index in [1.165, 1.54) is 35.0 Å². The Labute approximate surface area is 125 Å². The molecule has 3 heteroatoms. The van der Waals surface area contributed by atoms with Crippen molar-refractivity contribution in [2.45, 2.75) is 58.7 Å². The molecule has 2 nitrogen and oxygen atoms in total. The topological polar surface area (TPSA) is 15.3 Å². The van der Waals surface area contributed by atoms with Crippen molar-refractivity contribution in [2.24, 2.45) is 0 Å². The van der Waals surface area contributed by atoms with Crippen LogP contribution in [-0.4, -0.2) is 18.6 Å². The van der Waals surface area contributed by atoms with Crippen LogP contribution in [0.3, 0.4) is 0 Å². The van der Waals surface area contributed by atoms with Crippen LogP contribution in [0.1, 0.15) is 45.6 Å². The molecule has 0 saturated heterocycles. The molecule has 1 aromatic carbocycles. The van der Waals surface area contributed by atoms with E-state index in [-0.39, 0.29) is 0 Å². The maximum Gasteiger partial charge on any atom is 0.0380 e. The molecule has 0 bridgehead atoms. The second-order valence-corrected chi connectivity index (χ2v) is 6.57. The van der Waals surface area contributed by atoms with Crippen LogP contribution in [0.15, 0.2) is 22.7 Å². The van der Waals surface area contributed by atoms with E-state index >= 15 is 0 Å². The van der Waals surface area contributed by atoms with Gasteiger partial charge >= 0.3 is 0 Å². The molecular formula is C16H25BrN2. The lowest BCUT2D eigenvalue weighted by Crippen LogP contribution is -2.31. The van der Waals surface area contributed by atoms with Crippen molar-refractivity contribution in [3.05, 3.63) is 28.2 Å². The van der Waals surface area contributed by atoms with E-state index in [9.17, 15) is 0 Å². The molecule has 1 aromatic rings. The van der Waals surface area contributed by atoms with Gasteiger partial charge in [0.2, 0.25) is 0 Å². The van der Waals surface area contributed by atoms with Gasteiger partial charge in [0.05, 0.1) is 0 Å². The van der Waals surface area contributed by atoms with Gasteiger partial charge in [-0.3, -0.25) is 0 Å². The van der Waals surface area contributed by atoms with E-state index in [0.717, 1.165) is 19.1 Å². The quantitative estimate of drug-likeness (QED) is 0.803. The van der Waals surface area contributed by atoms with Crippen LogP contribution in [-0.2, 0) is 6.54 Å². The fraction of sp³-hybridized carbons (Fsp3) is 0.625. The van der Waals surface area contributed by atoms with Crippen molar-refractivity contribution in [2.75, 3.05) is 11.4 Å². The Hall–Kier alpha value is -0.540. The van der Waals surface area contributed by atoms with Crippen LogP contribution in [0.5, 0.6) is 0 Å². The summed E-state index contributed by atoms with van der Waals surface area (Å²) in [6.45, 7) is 8.83. The minimum absolute atomic E-state index is 0.544. The minimum Gasteiger partial charge on any atom is -0.369 e. The molecule has 0 aromatic heterocycles. The Bertz CT molecular complexity index is 413. The summed E-state index contributed by atoms with van der Waals surface area (Å²) in [4.78, 5) is 2.46. The standard InChI is InChI=1S/C16H25BrN2/c1-4-9-19(12(2)3)15-8-5-13(16(17)10-15)11-18-14-6-7-14/h5,8,10,12,14,18H,4,6-7,9,11H2,1-3H3. The first-order valence-corrected chi connectivity index (χ1v) is 8.19. The molecule has 1 fully saturated rings. The van der Waals surface area contributed by atoms with Crippen molar-refractivity contribution in [3.63, 3.8) is 0 Å². The normalized spacial score (nSPS) is 15.0. The molecule has 1 N–H and O–H groups in total. The molecule has 1 aliphatic carbocycles. The van der Waals surface area contributed by atoms with Crippen LogP contribution in [0.2, 0.25) is 0 Å². The first kappa shape index (κ1) is 14.9. The second kappa shape index (κ2) is 6.76. The van der Waals surface area contributed by atoms with Crippen LogP contribution in [0.4, 0.5) is 5.69 Å². The number of nitrogens with zero attached hydrogens (tertiary/aromatic N) is 1. The van der Waals surface area contributed by atoms with Crippen molar-refractivity contribution < 1.29 is 0 Å². The summed E-state index contributed by atoms with van der Waals surface area (Å²) in [7, 11) is 0. The van der Waals surface area contributed by atoms with Gasteiger partial charge in [0, 0.05) is 35.3 Å². The van der Waals surface area contributed by atoms with Crippen molar-refractivity contribution in [1.82, 2.24) is 5.32 Å². The molecular weight excluding hydrogens is 300 g/mol. The van der Waals surface area contributed by atoms with E-state index in [0.29, 0.717) is 6.04 Å². The molecule has 0 spiro atoms. The zero-order valence-corrected chi connectivity index (χ0v) is 13.8. The van der Waals surface area contributed by atoms with E-state index in [1.54, 1.807) is 0 Å². The fourth-order valence-electron chi connectivity index (χ4n) is 2.33. The van der Waals surface area contributed by atoms with Gasteiger partial charge in [0.25, 0.3) is 0 Å². The summed E-state index contributed by atoms with van der Waals surface area (Å²) < 4.78 is 1.22. The third-order valence-electron chi connectivity index (χ3n) is 3.61. The summed E-state index contributed by atoms with van der Waals surface area (Å²) in [6.07, 6.45) is 3.86. The van der Waals surface area contributed by atoms with Gasteiger partial charge in [-0.1, -0.05) is 28.9 Å². The van der Waals surface area contributed by atoms with Crippen LogP contribution in [0.25, 0.3) is 0 Å². The number of benzene rings is 1. The molecule has 0 atom stereocenters. The maximum atomic E-state index is 3.72. The second-order valence-electron chi connectivity index (χ2n) is 5.72. The number of halogens is 1. The first-order valence-electron chi connectivity index (χ1n) is 7.40. The maximum absolute atomic E-state index is 3.72. The SMILES string of the molecule is CCCN(c1ccc(CNC2CC2)c(Br)c1)C(C)C. The lowest BCUT2D eigenvalue weighted by Gasteiger charge is -2.29. The number of hydrogen-bond donors (Lipinski definition) is 1. The Morgan fingerprint density at radius 3 is 2.63 bits per heavy atom. The number of hydrogen-bond acceptors (Lipinski definition) is 2. The largest absolute Gasteiger partial charge is 0.369 e. The average Bonchev–Trinajstić information content (AvgIpc) is 3.18. The molecule has 2 rings (SSSR count). The third kappa shape index (κ3) is 4.22. The van der Waals surface area contributed by atoms with E-state index in [1.807, 2.05) is 0 Å². The highest BCUT2D eigenvalue weighted by atomic mass is 79.9. The van der Waals surface area contributed by atoms with Gasteiger partial charge in [-0.25, -0.2) is 0 Å². The number of nitrogens with one attached hydrogen (secondary N) is 1. The summed E-state index contributed by atoms with van der Waals surface area (Å²) in [5.74, 6) is 0. The molecule has 19 heavy (non-hydrogen) atoms. The van der Waals surface area contributed by atoms with Gasteiger partial charge in [-0.2, -0.15) is 0 Å². The number of anilines is 1. The van der Waals surface area contributed by atoms with Crippen molar-refractivity contribution >= 4 is 21.6 Å². The van der Waals surface area contributed by atoms with Crippen LogP contribution in [0, 0.1) is 0 Å². The molecule has 0 unspecified atom stereocenters. The zero-order valence-electron chi connectivity index (χ0n) is 12.2. The predicted octanol–water partition coefficient (Wildman–Crippen LogP) is 4.33. The highest BCUT2D eigenvalue weighted by molar-refractivity contribution is 9.10. The average molecular weight is 325 g/mol. The molecule has 0 heterocycles. The summed E-state index contributed by atoms with van der Waals surface area (Å²) >= 11 is 3.72. The molecule has 0 radical (unpaired) electrons. The van der Waals surface area contributed by atoms with E-state index < -0.39 is 0 Å².